The summed E-state index contributed by atoms with van der Waals surface area (Å²) in [4.78, 5) is 8.69. The fraction of sp³-hybridized carbons (Fsp3) is 0.385. The van der Waals surface area contributed by atoms with E-state index in [1.807, 2.05) is 25.1 Å². The minimum Gasteiger partial charge on any atom is -0.480 e. The highest BCUT2D eigenvalue weighted by molar-refractivity contribution is 5.84. The van der Waals surface area contributed by atoms with Crippen LogP contribution in [0.5, 0.6) is 11.9 Å². The topological polar surface area (TPSA) is 44.2 Å². The van der Waals surface area contributed by atoms with Gasteiger partial charge in [0.25, 0.3) is 0 Å². The summed E-state index contributed by atoms with van der Waals surface area (Å²) in [5, 5.41) is 0.918. The number of ether oxygens (including phenoxy) is 2. The summed E-state index contributed by atoms with van der Waals surface area (Å²) >= 11 is 0. The number of hydrogen-bond donors (Lipinski definition) is 0. The quantitative estimate of drug-likeness (QED) is 0.812. The van der Waals surface area contributed by atoms with E-state index in [0.717, 1.165) is 29.3 Å². The number of rotatable bonds is 3. The van der Waals surface area contributed by atoms with Gasteiger partial charge >= 0.3 is 6.01 Å². The van der Waals surface area contributed by atoms with Crippen LogP contribution in [-0.4, -0.2) is 23.2 Å². The van der Waals surface area contributed by atoms with E-state index in [9.17, 15) is 0 Å². The molecule has 0 aliphatic heterocycles. The van der Waals surface area contributed by atoms with Crippen molar-refractivity contribution in [3.63, 3.8) is 0 Å². The average molecular weight is 230 g/mol. The Balaban J connectivity index is 2.11. The molecule has 0 spiro atoms. The van der Waals surface area contributed by atoms with E-state index < -0.39 is 0 Å². The maximum Gasteiger partial charge on any atom is 0.320 e. The molecule has 4 heteroatoms. The van der Waals surface area contributed by atoms with Crippen molar-refractivity contribution >= 4 is 10.9 Å². The molecule has 0 N–H and O–H groups in total. The molecule has 0 unspecified atom stereocenters. The fourth-order valence-electron chi connectivity index (χ4n) is 1.73. The molecule has 17 heavy (non-hydrogen) atoms. The number of aryl methyl sites for hydroxylation is 1. The van der Waals surface area contributed by atoms with Crippen molar-refractivity contribution in [2.45, 2.75) is 25.9 Å². The lowest BCUT2D eigenvalue weighted by Gasteiger charge is -2.08. The Morgan fingerprint density at radius 2 is 2.06 bits per heavy atom. The van der Waals surface area contributed by atoms with Crippen LogP contribution in [0.25, 0.3) is 10.9 Å². The summed E-state index contributed by atoms with van der Waals surface area (Å²) in [5.41, 5.74) is 2.03. The van der Waals surface area contributed by atoms with Gasteiger partial charge < -0.3 is 9.47 Å². The van der Waals surface area contributed by atoms with Gasteiger partial charge in [0.2, 0.25) is 5.88 Å². The molecule has 1 aromatic carbocycles. The Kier molecular flexibility index (Phi) is 2.35. The highest BCUT2D eigenvalue weighted by Gasteiger charge is 2.25. The number of aromatic nitrogens is 2. The first kappa shape index (κ1) is 10.3. The second-order valence-electron chi connectivity index (χ2n) is 4.35. The lowest BCUT2D eigenvalue weighted by molar-refractivity contribution is 0.273. The monoisotopic (exact) mass is 230 g/mol. The third kappa shape index (κ3) is 2.02. The van der Waals surface area contributed by atoms with Crippen LogP contribution in [0.4, 0.5) is 0 Å². The van der Waals surface area contributed by atoms with Gasteiger partial charge in [-0.1, -0.05) is 6.07 Å². The van der Waals surface area contributed by atoms with Crippen LogP contribution in [0, 0.1) is 6.92 Å². The lowest BCUT2D eigenvalue weighted by atomic mass is 10.2. The molecule has 0 saturated heterocycles. The van der Waals surface area contributed by atoms with Gasteiger partial charge in [-0.3, -0.25) is 0 Å². The smallest absolute Gasteiger partial charge is 0.320 e. The molecule has 3 rings (SSSR count). The summed E-state index contributed by atoms with van der Waals surface area (Å²) in [6.07, 6.45) is 2.48. The van der Waals surface area contributed by atoms with Crippen molar-refractivity contribution in [3.8, 4) is 11.9 Å². The van der Waals surface area contributed by atoms with Crippen LogP contribution < -0.4 is 9.47 Å². The van der Waals surface area contributed by atoms with Crippen LogP contribution in [-0.2, 0) is 0 Å². The molecule has 0 amide bonds. The standard InChI is InChI=1S/C13H14N2O2/c1-8-3-6-10-11(7-8)14-13(15-12(10)16-2)17-9-4-5-9/h3,6-7,9H,4-5H2,1-2H3. The van der Waals surface area contributed by atoms with E-state index in [0.29, 0.717) is 18.0 Å². The highest BCUT2D eigenvalue weighted by Crippen LogP contribution is 2.29. The lowest BCUT2D eigenvalue weighted by Crippen LogP contribution is -2.02. The summed E-state index contributed by atoms with van der Waals surface area (Å²) < 4.78 is 10.9. The summed E-state index contributed by atoms with van der Waals surface area (Å²) in [6.45, 7) is 2.04. The molecule has 1 heterocycles. The number of nitrogens with zero attached hydrogens (tertiary/aromatic N) is 2. The van der Waals surface area contributed by atoms with Crippen molar-refractivity contribution in [2.75, 3.05) is 7.11 Å². The van der Waals surface area contributed by atoms with Crippen LogP contribution in [0.2, 0.25) is 0 Å². The normalized spacial score (nSPS) is 14.9. The SMILES string of the molecule is COc1nc(OC2CC2)nc2cc(C)ccc12. The van der Waals surface area contributed by atoms with Crippen LogP contribution in [0.15, 0.2) is 18.2 Å². The second-order valence-corrected chi connectivity index (χ2v) is 4.35. The van der Waals surface area contributed by atoms with Gasteiger partial charge in [-0.2, -0.15) is 9.97 Å². The van der Waals surface area contributed by atoms with Gasteiger partial charge in [0, 0.05) is 0 Å². The Morgan fingerprint density at radius 1 is 1.24 bits per heavy atom. The number of methoxy groups -OCH3 is 1. The van der Waals surface area contributed by atoms with Crippen molar-refractivity contribution < 1.29 is 9.47 Å². The molecule has 0 bridgehead atoms. The van der Waals surface area contributed by atoms with Gasteiger partial charge in [0.1, 0.15) is 6.10 Å². The first-order chi connectivity index (χ1) is 8.26. The number of benzene rings is 1. The average Bonchev–Trinajstić information content (AvgIpc) is 3.11. The first-order valence-electron chi connectivity index (χ1n) is 5.75. The number of fused-ring (bicyclic) bond motifs is 1. The fourth-order valence-corrected chi connectivity index (χ4v) is 1.73. The van der Waals surface area contributed by atoms with E-state index >= 15 is 0 Å². The predicted octanol–water partition coefficient (Wildman–Crippen LogP) is 2.49. The van der Waals surface area contributed by atoms with Crippen LogP contribution in [0.1, 0.15) is 18.4 Å². The van der Waals surface area contributed by atoms with Crippen molar-refractivity contribution in [1.82, 2.24) is 9.97 Å². The van der Waals surface area contributed by atoms with Crippen molar-refractivity contribution in [2.24, 2.45) is 0 Å². The van der Waals surface area contributed by atoms with Gasteiger partial charge in [0.05, 0.1) is 18.0 Å². The Hall–Kier alpha value is -1.84. The van der Waals surface area contributed by atoms with Gasteiger partial charge in [0.15, 0.2) is 0 Å². The number of hydrogen-bond acceptors (Lipinski definition) is 4. The minimum absolute atomic E-state index is 0.293. The van der Waals surface area contributed by atoms with Crippen LogP contribution in [0.3, 0.4) is 0 Å². The summed E-state index contributed by atoms with van der Waals surface area (Å²) in [7, 11) is 1.61. The molecule has 4 nitrogen and oxygen atoms in total. The molecule has 1 saturated carbocycles. The highest BCUT2D eigenvalue weighted by atomic mass is 16.5. The van der Waals surface area contributed by atoms with E-state index in [4.69, 9.17) is 9.47 Å². The molecule has 1 fully saturated rings. The zero-order chi connectivity index (χ0) is 11.8. The maximum absolute atomic E-state index is 5.61. The first-order valence-corrected chi connectivity index (χ1v) is 5.75. The predicted molar refractivity (Wildman–Crippen MR) is 64.5 cm³/mol. The molecule has 1 aliphatic rings. The Bertz CT molecular complexity index is 565. The summed E-state index contributed by atoms with van der Waals surface area (Å²) in [5.74, 6) is 0.575. The Labute approximate surface area is 99.6 Å². The third-order valence-corrected chi connectivity index (χ3v) is 2.79. The maximum atomic E-state index is 5.61. The third-order valence-electron chi connectivity index (χ3n) is 2.79. The molecular formula is C13H14N2O2. The Morgan fingerprint density at radius 3 is 2.76 bits per heavy atom. The van der Waals surface area contributed by atoms with Crippen molar-refractivity contribution in [1.29, 1.82) is 0 Å². The molecule has 1 aromatic heterocycles. The van der Waals surface area contributed by atoms with Crippen molar-refractivity contribution in [3.05, 3.63) is 23.8 Å². The van der Waals surface area contributed by atoms with Gasteiger partial charge in [-0.25, -0.2) is 0 Å². The molecule has 2 aromatic rings. The largest absolute Gasteiger partial charge is 0.480 e. The van der Waals surface area contributed by atoms with E-state index in [2.05, 4.69) is 9.97 Å². The van der Waals surface area contributed by atoms with E-state index in [1.165, 1.54) is 0 Å². The van der Waals surface area contributed by atoms with Gasteiger partial charge in [-0.05, 0) is 37.5 Å². The summed E-state index contributed by atoms with van der Waals surface area (Å²) in [6, 6.07) is 6.43. The van der Waals surface area contributed by atoms with E-state index in [1.54, 1.807) is 7.11 Å². The zero-order valence-electron chi connectivity index (χ0n) is 9.93. The molecule has 1 aliphatic carbocycles. The minimum atomic E-state index is 0.293. The molecular weight excluding hydrogens is 216 g/mol. The second kappa shape index (κ2) is 3.87. The zero-order valence-corrected chi connectivity index (χ0v) is 9.93. The molecule has 0 radical (unpaired) electrons. The van der Waals surface area contributed by atoms with Crippen LogP contribution >= 0.6 is 0 Å². The van der Waals surface area contributed by atoms with E-state index in [-0.39, 0.29) is 0 Å². The molecule has 0 atom stereocenters. The van der Waals surface area contributed by atoms with Gasteiger partial charge in [-0.15, -0.1) is 0 Å². The molecule has 88 valence electrons.